The maximum Gasteiger partial charge on any atom is 0.416 e. The highest BCUT2D eigenvalue weighted by Crippen LogP contribution is 2.38. The normalized spacial score (nSPS) is 22.5. The summed E-state index contributed by atoms with van der Waals surface area (Å²) in [6.07, 6.45) is -2.14. The highest BCUT2D eigenvalue weighted by atomic mass is 19.4. The van der Waals surface area contributed by atoms with Gasteiger partial charge in [0.15, 0.2) is 0 Å². The van der Waals surface area contributed by atoms with Crippen LogP contribution in [0.25, 0.3) is 0 Å². The summed E-state index contributed by atoms with van der Waals surface area (Å²) in [5, 5.41) is 2.57. The van der Waals surface area contributed by atoms with Gasteiger partial charge in [-0.2, -0.15) is 13.2 Å². The first-order valence-corrected chi connectivity index (χ1v) is 7.64. The standard InChI is InChI=1S/C16H17F3N2O2/c17-16(18,19)12-7-2-1-6-11(12)13-14(22)20-8-9-21(13)15(23)10-4-3-5-10/h1-2,6-7,10,13H,3-5,8-9H2,(H,20,22)/t13-/m0/s1. The maximum atomic E-state index is 13.3. The van der Waals surface area contributed by atoms with Gasteiger partial charge >= 0.3 is 6.18 Å². The van der Waals surface area contributed by atoms with Crippen molar-refractivity contribution in [3.05, 3.63) is 35.4 Å². The van der Waals surface area contributed by atoms with Crippen molar-refractivity contribution in [2.24, 2.45) is 5.92 Å². The lowest BCUT2D eigenvalue weighted by molar-refractivity contribution is -0.150. The maximum absolute atomic E-state index is 13.3. The van der Waals surface area contributed by atoms with Gasteiger partial charge in [-0.1, -0.05) is 24.6 Å². The van der Waals surface area contributed by atoms with Gasteiger partial charge in [0.25, 0.3) is 0 Å². The second-order valence-corrected chi connectivity index (χ2v) is 5.94. The number of piperazine rings is 1. The number of hydrogen-bond acceptors (Lipinski definition) is 2. The summed E-state index contributed by atoms with van der Waals surface area (Å²) in [5.41, 5.74) is -1.03. The molecule has 0 unspecified atom stereocenters. The summed E-state index contributed by atoms with van der Waals surface area (Å²) in [4.78, 5) is 26.1. The van der Waals surface area contributed by atoms with Crippen LogP contribution >= 0.6 is 0 Å². The van der Waals surface area contributed by atoms with E-state index in [1.807, 2.05) is 0 Å². The molecule has 4 nitrogen and oxygen atoms in total. The van der Waals surface area contributed by atoms with Crippen molar-refractivity contribution >= 4 is 11.8 Å². The van der Waals surface area contributed by atoms with E-state index in [1.165, 1.54) is 23.1 Å². The Kier molecular flexibility index (Phi) is 4.04. The highest BCUT2D eigenvalue weighted by Gasteiger charge is 2.43. The van der Waals surface area contributed by atoms with Crippen LogP contribution in [0.2, 0.25) is 0 Å². The van der Waals surface area contributed by atoms with E-state index in [0.29, 0.717) is 0 Å². The SMILES string of the molecule is O=C1NCCN(C(=O)C2CCC2)[C@H]1c1ccccc1C(F)(F)F. The molecule has 0 spiro atoms. The number of nitrogens with zero attached hydrogens (tertiary/aromatic N) is 1. The zero-order valence-electron chi connectivity index (χ0n) is 12.4. The predicted octanol–water partition coefficient (Wildman–Crippen LogP) is 2.51. The Morgan fingerprint density at radius 1 is 1.22 bits per heavy atom. The third-order valence-corrected chi connectivity index (χ3v) is 4.51. The fourth-order valence-electron chi connectivity index (χ4n) is 3.10. The summed E-state index contributed by atoms with van der Waals surface area (Å²) >= 11 is 0. The van der Waals surface area contributed by atoms with Crippen molar-refractivity contribution in [3.8, 4) is 0 Å². The van der Waals surface area contributed by atoms with Crippen LogP contribution in [0.1, 0.15) is 36.4 Å². The van der Waals surface area contributed by atoms with E-state index in [2.05, 4.69) is 5.32 Å². The fraction of sp³-hybridized carbons (Fsp3) is 0.500. The Balaban J connectivity index is 2.00. The van der Waals surface area contributed by atoms with Gasteiger partial charge in [0.1, 0.15) is 6.04 Å². The molecule has 1 aliphatic heterocycles. The van der Waals surface area contributed by atoms with Gasteiger partial charge in [0.2, 0.25) is 11.8 Å². The molecular weight excluding hydrogens is 309 g/mol. The van der Waals surface area contributed by atoms with Gasteiger partial charge in [-0.25, -0.2) is 0 Å². The number of benzene rings is 1. The van der Waals surface area contributed by atoms with Gasteiger partial charge in [-0.15, -0.1) is 0 Å². The Hall–Kier alpha value is -2.05. The van der Waals surface area contributed by atoms with Crippen LogP contribution in [0.15, 0.2) is 24.3 Å². The zero-order valence-corrected chi connectivity index (χ0v) is 12.4. The van der Waals surface area contributed by atoms with Crippen molar-refractivity contribution in [1.82, 2.24) is 10.2 Å². The molecule has 1 N–H and O–H groups in total. The largest absolute Gasteiger partial charge is 0.416 e. The third kappa shape index (κ3) is 2.92. The minimum absolute atomic E-state index is 0.162. The van der Waals surface area contributed by atoms with Crippen LogP contribution in [-0.4, -0.2) is 29.8 Å². The summed E-state index contributed by atoms with van der Waals surface area (Å²) in [7, 11) is 0. The molecule has 1 saturated carbocycles. The molecular formula is C16H17F3N2O2. The number of carbonyl (C=O) groups excluding carboxylic acids is 2. The highest BCUT2D eigenvalue weighted by molar-refractivity contribution is 5.91. The third-order valence-electron chi connectivity index (χ3n) is 4.51. The smallest absolute Gasteiger partial charge is 0.352 e. The molecule has 1 aliphatic carbocycles. The molecule has 124 valence electrons. The molecule has 2 fully saturated rings. The summed E-state index contributed by atoms with van der Waals surface area (Å²) in [6, 6.07) is 3.75. The minimum atomic E-state index is -4.57. The van der Waals surface area contributed by atoms with E-state index in [1.54, 1.807) is 0 Å². The molecule has 23 heavy (non-hydrogen) atoms. The second-order valence-electron chi connectivity index (χ2n) is 5.94. The van der Waals surface area contributed by atoms with Gasteiger partial charge < -0.3 is 10.2 Å². The minimum Gasteiger partial charge on any atom is -0.352 e. The number of rotatable bonds is 2. The fourth-order valence-corrected chi connectivity index (χ4v) is 3.10. The first-order chi connectivity index (χ1) is 10.9. The van der Waals surface area contributed by atoms with Gasteiger partial charge in [-0.05, 0) is 24.5 Å². The van der Waals surface area contributed by atoms with Crippen molar-refractivity contribution in [2.75, 3.05) is 13.1 Å². The number of alkyl halides is 3. The molecule has 1 heterocycles. The van der Waals surface area contributed by atoms with Crippen LogP contribution in [-0.2, 0) is 15.8 Å². The first-order valence-electron chi connectivity index (χ1n) is 7.64. The van der Waals surface area contributed by atoms with Crippen LogP contribution in [0.4, 0.5) is 13.2 Å². The molecule has 0 bridgehead atoms. The van der Waals surface area contributed by atoms with Gasteiger partial charge in [0, 0.05) is 19.0 Å². The molecule has 1 atom stereocenters. The quantitative estimate of drug-likeness (QED) is 0.908. The molecule has 1 saturated heterocycles. The lowest BCUT2D eigenvalue weighted by Crippen LogP contribution is -2.54. The van der Waals surface area contributed by atoms with E-state index in [9.17, 15) is 22.8 Å². The second kappa shape index (κ2) is 5.86. The molecule has 2 amide bonds. The number of carbonyl (C=O) groups is 2. The Bertz CT molecular complexity index is 626. The lowest BCUT2D eigenvalue weighted by Gasteiger charge is -2.40. The summed E-state index contributed by atoms with van der Waals surface area (Å²) in [6.45, 7) is 0.500. The van der Waals surface area contributed by atoms with Crippen molar-refractivity contribution in [1.29, 1.82) is 0 Å². The monoisotopic (exact) mass is 326 g/mol. The predicted molar refractivity (Wildman–Crippen MR) is 76.2 cm³/mol. The Labute approximate surface area is 131 Å². The molecule has 3 rings (SSSR count). The number of amides is 2. The van der Waals surface area contributed by atoms with Gasteiger partial charge in [0.05, 0.1) is 5.56 Å². The number of hydrogen-bond donors (Lipinski definition) is 1. The van der Waals surface area contributed by atoms with Gasteiger partial charge in [-0.3, -0.25) is 9.59 Å². The summed E-state index contributed by atoms with van der Waals surface area (Å²) < 4.78 is 39.8. The topological polar surface area (TPSA) is 49.4 Å². The van der Waals surface area contributed by atoms with Crippen molar-refractivity contribution in [3.63, 3.8) is 0 Å². The average Bonchev–Trinajstić information content (AvgIpc) is 2.44. The first kappa shape index (κ1) is 15.8. The number of halogens is 3. The van der Waals surface area contributed by atoms with Crippen molar-refractivity contribution in [2.45, 2.75) is 31.5 Å². The average molecular weight is 326 g/mol. The van der Waals surface area contributed by atoms with E-state index in [-0.39, 0.29) is 30.5 Å². The van der Waals surface area contributed by atoms with E-state index < -0.39 is 23.7 Å². The molecule has 0 aromatic heterocycles. The van der Waals surface area contributed by atoms with Crippen LogP contribution < -0.4 is 5.32 Å². The van der Waals surface area contributed by atoms with Crippen LogP contribution in [0.3, 0.4) is 0 Å². The number of nitrogens with one attached hydrogen (secondary N) is 1. The van der Waals surface area contributed by atoms with Crippen LogP contribution in [0, 0.1) is 5.92 Å². The zero-order chi connectivity index (χ0) is 16.6. The molecule has 1 aromatic rings. The lowest BCUT2D eigenvalue weighted by atomic mass is 9.83. The van der Waals surface area contributed by atoms with Crippen LogP contribution in [0.5, 0.6) is 0 Å². The molecule has 1 aromatic carbocycles. The molecule has 0 radical (unpaired) electrons. The Morgan fingerprint density at radius 2 is 1.91 bits per heavy atom. The van der Waals surface area contributed by atoms with E-state index in [4.69, 9.17) is 0 Å². The summed E-state index contributed by atoms with van der Waals surface area (Å²) in [5.74, 6) is -0.935. The molecule has 2 aliphatic rings. The van der Waals surface area contributed by atoms with Crippen molar-refractivity contribution < 1.29 is 22.8 Å². The van der Waals surface area contributed by atoms with E-state index >= 15 is 0 Å². The van der Waals surface area contributed by atoms with E-state index in [0.717, 1.165) is 25.3 Å². The Morgan fingerprint density at radius 3 is 2.52 bits per heavy atom. The molecule has 7 heteroatoms.